The molecular formula is C22H21N3O3. The highest BCUT2D eigenvalue weighted by atomic mass is 16.5. The van der Waals surface area contributed by atoms with Crippen molar-refractivity contribution in [3.8, 4) is 0 Å². The number of nitrogens with zero attached hydrogens (tertiary/aromatic N) is 1. The summed E-state index contributed by atoms with van der Waals surface area (Å²) in [7, 11) is 1.30. The van der Waals surface area contributed by atoms with Crippen LogP contribution in [0.15, 0.2) is 60.8 Å². The number of nitrogens with one attached hydrogen (secondary N) is 2. The lowest BCUT2D eigenvalue weighted by Gasteiger charge is -2.12. The number of esters is 1. The molecule has 0 fully saturated rings. The van der Waals surface area contributed by atoms with Crippen molar-refractivity contribution in [2.75, 3.05) is 17.7 Å². The van der Waals surface area contributed by atoms with Gasteiger partial charge in [0.1, 0.15) is 5.82 Å². The fraction of sp³-hybridized carbons (Fsp3) is 0.136. The monoisotopic (exact) mass is 375 g/mol. The van der Waals surface area contributed by atoms with Crippen molar-refractivity contribution in [1.29, 1.82) is 0 Å². The number of carbonyl (C=O) groups is 2. The van der Waals surface area contributed by atoms with Crippen LogP contribution < -0.4 is 10.6 Å². The second-order valence-electron chi connectivity index (χ2n) is 6.30. The maximum Gasteiger partial charge on any atom is 0.339 e. The van der Waals surface area contributed by atoms with Gasteiger partial charge < -0.3 is 15.4 Å². The molecule has 0 bridgehead atoms. The van der Waals surface area contributed by atoms with Crippen molar-refractivity contribution in [3.05, 3.63) is 83.0 Å². The molecule has 0 aliphatic carbocycles. The first-order valence-electron chi connectivity index (χ1n) is 8.77. The summed E-state index contributed by atoms with van der Waals surface area (Å²) >= 11 is 0. The Bertz CT molecular complexity index is 1010. The van der Waals surface area contributed by atoms with Crippen molar-refractivity contribution in [3.63, 3.8) is 0 Å². The molecule has 6 nitrogen and oxygen atoms in total. The smallest absolute Gasteiger partial charge is 0.339 e. The van der Waals surface area contributed by atoms with Gasteiger partial charge in [-0.3, -0.25) is 4.79 Å². The zero-order chi connectivity index (χ0) is 20.1. The molecule has 142 valence electrons. The average Bonchev–Trinajstić information content (AvgIpc) is 2.71. The standard InChI is InChI=1S/C22H21N3O3/c1-14-7-6-10-18(15(14)2)24-20-12-11-16(13-23-20)21(26)25-19-9-5-4-8-17(19)22(27)28-3/h4-13H,1-3H3,(H,23,24)(H,25,26). The number of hydrogen-bond acceptors (Lipinski definition) is 5. The van der Waals surface area contributed by atoms with E-state index in [0.29, 0.717) is 22.6 Å². The molecule has 0 unspecified atom stereocenters. The van der Waals surface area contributed by atoms with E-state index in [2.05, 4.69) is 15.6 Å². The molecule has 1 heterocycles. The summed E-state index contributed by atoms with van der Waals surface area (Å²) in [6.45, 7) is 4.09. The van der Waals surface area contributed by atoms with Gasteiger partial charge in [-0.1, -0.05) is 24.3 Å². The van der Waals surface area contributed by atoms with E-state index in [0.717, 1.165) is 11.3 Å². The Labute approximate surface area is 163 Å². The van der Waals surface area contributed by atoms with E-state index < -0.39 is 5.97 Å². The molecule has 0 aliphatic rings. The topological polar surface area (TPSA) is 80.3 Å². The third-order valence-corrected chi connectivity index (χ3v) is 4.47. The Hall–Kier alpha value is -3.67. The molecule has 1 amide bonds. The second kappa shape index (κ2) is 8.35. The molecule has 0 saturated carbocycles. The molecule has 0 saturated heterocycles. The Balaban J connectivity index is 1.74. The predicted molar refractivity (Wildman–Crippen MR) is 109 cm³/mol. The van der Waals surface area contributed by atoms with Gasteiger partial charge in [-0.2, -0.15) is 0 Å². The highest BCUT2D eigenvalue weighted by molar-refractivity contribution is 6.07. The van der Waals surface area contributed by atoms with Crippen molar-refractivity contribution >= 4 is 29.1 Å². The van der Waals surface area contributed by atoms with Gasteiger partial charge in [0.25, 0.3) is 5.91 Å². The van der Waals surface area contributed by atoms with Crippen LogP contribution in [0.3, 0.4) is 0 Å². The van der Waals surface area contributed by atoms with E-state index in [9.17, 15) is 9.59 Å². The molecule has 6 heteroatoms. The summed E-state index contributed by atoms with van der Waals surface area (Å²) < 4.78 is 4.74. The van der Waals surface area contributed by atoms with Crippen LogP contribution in [0.4, 0.5) is 17.2 Å². The molecule has 2 aromatic carbocycles. The lowest BCUT2D eigenvalue weighted by Crippen LogP contribution is -2.15. The van der Waals surface area contributed by atoms with E-state index in [4.69, 9.17) is 4.74 Å². The van der Waals surface area contributed by atoms with Crippen LogP contribution in [0.5, 0.6) is 0 Å². The van der Waals surface area contributed by atoms with Gasteiger partial charge in [-0.15, -0.1) is 0 Å². The lowest BCUT2D eigenvalue weighted by atomic mass is 10.1. The first-order chi connectivity index (χ1) is 13.5. The normalized spacial score (nSPS) is 10.2. The van der Waals surface area contributed by atoms with Crippen LogP contribution in [0.25, 0.3) is 0 Å². The van der Waals surface area contributed by atoms with Crippen molar-refractivity contribution < 1.29 is 14.3 Å². The molecule has 2 N–H and O–H groups in total. The lowest BCUT2D eigenvalue weighted by molar-refractivity contribution is 0.0602. The summed E-state index contributed by atoms with van der Waals surface area (Å²) in [5, 5.41) is 5.98. The minimum atomic E-state index is -0.512. The molecular weight excluding hydrogens is 354 g/mol. The third kappa shape index (κ3) is 4.17. The maximum absolute atomic E-state index is 12.5. The molecule has 0 aliphatic heterocycles. The first-order valence-corrected chi connectivity index (χ1v) is 8.77. The first kappa shape index (κ1) is 19.1. The van der Waals surface area contributed by atoms with Crippen LogP contribution in [0.2, 0.25) is 0 Å². The third-order valence-electron chi connectivity index (χ3n) is 4.47. The fourth-order valence-electron chi connectivity index (χ4n) is 2.70. The fourth-order valence-corrected chi connectivity index (χ4v) is 2.70. The van der Waals surface area contributed by atoms with Gasteiger partial charge >= 0.3 is 5.97 Å². The number of aromatic nitrogens is 1. The number of aryl methyl sites for hydroxylation is 1. The molecule has 28 heavy (non-hydrogen) atoms. The van der Waals surface area contributed by atoms with Crippen molar-refractivity contribution in [1.82, 2.24) is 4.98 Å². The van der Waals surface area contributed by atoms with Gasteiger partial charge in [0, 0.05) is 11.9 Å². The Morgan fingerprint density at radius 1 is 0.929 bits per heavy atom. The number of hydrogen-bond donors (Lipinski definition) is 2. The maximum atomic E-state index is 12.5. The van der Waals surface area contributed by atoms with E-state index in [-0.39, 0.29) is 5.91 Å². The molecule has 3 aromatic rings. The highest BCUT2D eigenvalue weighted by Crippen LogP contribution is 2.22. The average molecular weight is 375 g/mol. The van der Waals surface area contributed by atoms with Gasteiger partial charge in [0.05, 0.1) is 23.9 Å². The van der Waals surface area contributed by atoms with E-state index >= 15 is 0 Å². The molecule has 0 spiro atoms. The summed E-state index contributed by atoms with van der Waals surface area (Å²) in [5.74, 6) is -0.232. The zero-order valence-electron chi connectivity index (χ0n) is 15.9. The number of carbonyl (C=O) groups excluding carboxylic acids is 2. The quantitative estimate of drug-likeness (QED) is 0.643. The number of rotatable bonds is 5. The summed E-state index contributed by atoms with van der Waals surface area (Å²) in [4.78, 5) is 28.7. The number of anilines is 3. The molecule has 1 aromatic heterocycles. The summed E-state index contributed by atoms with van der Waals surface area (Å²) in [6.07, 6.45) is 1.49. The number of methoxy groups -OCH3 is 1. The largest absolute Gasteiger partial charge is 0.465 e. The number of amides is 1. The van der Waals surface area contributed by atoms with E-state index in [1.807, 2.05) is 32.0 Å². The molecule has 0 radical (unpaired) electrons. The number of pyridine rings is 1. The SMILES string of the molecule is COC(=O)c1ccccc1NC(=O)c1ccc(Nc2cccc(C)c2C)nc1. The minimum Gasteiger partial charge on any atom is -0.465 e. The van der Waals surface area contributed by atoms with Crippen molar-refractivity contribution in [2.24, 2.45) is 0 Å². The molecule has 3 rings (SSSR count). The Morgan fingerprint density at radius 2 is 1.68 bits per heavy atom. The van der Waals surface area contributed by atoms with Crippen LogP contribution in [0.1, 0.15) is 31.8 Å². The van der Waals surface area contributed by atoms with E-state index in [1.54, 1.807) is 36.4 Å². The minimum absolute atomic E-state index is 0.291. The number of benzene rings is 2. The second-order valence-corrected chi connectivity index (χ2v) is 6.30. The van der Waals surface area contributed by atoms with Gasteiger partial charge in [0.15, 0.2) is 0 Å². The van der Waals surface area contributed by atoms with Crippen molar-refractivity contribution in [2.45, 2.75) is 13.8 Å². The van der Waals surface area contributed by atoms with Gasteiger partial charge in [0.2, 0.25) is 0 Å². The van der Waals surface area contributed by atoms with Gasteiger partial charge in [-0.25, -0.2) is 9.78 Å². The predicted octanol–water partition coefficient (Wildman–Crippen LogP) is 4.48. The Morgan fingerprint density at radius 3 is 2.39 bits per heavy atom. The van der Waals surface area contributed by atoms with Crippen LogP contribution in [-0.4, -0.2) is 24.0 Å². The Kier molecular flexibility index (Phi) is 5.69. The van der Waals surface area contributed by atoms with Crippen LogP contribution in [0, 0.1) is 13.8 Å². The van der Waals surface area contributed by atoms with Gasteiger partial charge in [-0.05, 0) is 55.3 Å². The number of ether oxygens (including phenoxy) is 1. The van der Waals surface area contributed by atoms with Crippen LogP contribution in [-0.2, 0) is 4.74 Å². The summed E-state index contributed by atoms with van der Waals surface area (Å²) in [6, 6.07) is 16.1. The number of para-hydroxylation sites is 1. The highest BCUT2D eigenvalue weighted by Gasteiger charge is 2.14. The zero-order valence-corrected chi connectivity index (χ0v) is 15.9. The molecule has 0 atom stereocenters. The summed E-state index contributed by atoms with van der Waals surface area (Å²) in [5.41, 5.74) is 4.36. The van der Waals surface area contributed by atoms with Crippen LogP contribution >= 0.6 is 0 Å². The van der Waals surface area contributed by atoms with E-state index in [1.165, 1.54) is 18.9 Å².